The molecule has 4 heteroatoms. The monoisotopic (exact) mass is 258 g/mol. The summed E-state index contributed by atoms with van der Waals surface area (Å²) in [5, 5.41) is 0.737. The quantitative estimate of drug-likeness (QED) is 0.601. The Balaban J connectivity index is 2.68. The molecule has 0 aliphatic carbocycles. The summed E-state index contributed by atoms with van der Waals surface area (Å²) in [5.74, 6) is -0.106. The first-order valence-electron chi connectivity index (χ1n) is 6.19. The Morgan fingerprint density at radius 1 is 1.47 bits per heavy atom. The van der Waals surface area contributed by atoms with Gasteiger partial charge in [-0.1, -0.05) is 19.9 Å². The minimum Gasteiger partial charge on any atom is -0.344 e. The summed E-state index contributed by atoms with van der Waals surface area (Å²) >= 11 is 0. The summed E-state index contributed by atoms with van der Waals surface area (Å²) in [5.41, 5.74) is 1.86. The van der Waals surface area contributed by atoms with Crippen molar-refractivity contribution >= 4 is 22.4 Å². The average Bonchev–Trinajstić information content (AvgIpc) is 2.76. The van der Waals surface area contributed by atoms with Crippen molar-refractivity contribution in [1.29, 1.82) is 0 Å². The van der Waals surface area contributed by atoms with Gasteiger partial charge in [0, 0.05) is 23.2 Å². The minimum absolute atomic E-state index is 0.0183. The number of carbonyl (C=O) groups excluding carboxylic acids is 1. The van der Waals surface area contributed by atoms with Crippen molar-refractivity contribution in [2.75, 3.05) is 6.67 Å². The number of nitrogens with zero attached hydrogens (tertiary/aromatic N) is 2. The van der Waals surface area contributed by atoms with Gasteiger partial charge in [0.05, 0.1) is 13.1 Å². The smallest absolute Gasteiger partial charge is 0.188 e. The lowest BCUT2D eigenvalue weighted by atomic mass is 10.0. The third kappa shape index (κ3) is 2.37. The number of rotatable bonds is 4. The zero-order valence-electron chi connectivity index (χ0n) is 11.0. The molecule has 2 rings (SSSR count). The highest BCUT2D eigenvalue weighted by Crippen LogP contribution is 2.28. The first kappa shape index (κ1) is 13.3. The molecule has 0 aliphatic rings. The Kier molecular flexibility index (Phi) is 3.66. The molecule has 0 N–H and O–H groups in total. The van der Waals surface area contributed by atoms with Crippen molar-refractivity contribution in [1.82, 2.24) is 4.57 Å². The number of fused-ring (bicyclic) bond motifs is 1. The summed E-state index contributed by atoms with van der Waals surface area (Å²) < 4.78 is 14.3. The molecule has 0 radical (unpaired) electrons. The fourth-order valence-corrected chi connectivity index (χ4v) is 2.14. The normalized spacial score (nSPS) is 10.9. The van der Waals surface area contributed by atoms with Crippen molar-refractivity contribution in [2.24, 2.45) is 5.92 Å². The number of carbonyl (C=O) groups is 1. The molecule has 1 aromatic heterocycles. The summed E-state index contributed by atoms with van der Waals surface area (Å²) in [6, 6.07) is 5.16. The van der Waals surface area contributed by atoms with Gasteiger partial charge in [-0.05, 0) is 17.5 Å². The van der Waals surface area contributed by atoms with E-state index < -0.39 is 6.67 Å². The van der Waals surface area contributed by atoms with E-state index in [1.807, 2.05) is 13.8 Å². The molecule has 0 saturated heterocycles. The standard InChI is InChI=1S/C15H15FN2O/c1-10(2)15(19)13-9-18(7-6-16)14-5-4-11(17-3)8-12(13)14/h4-5,8-10H,6-7H2,1-2H3. The number of aryl methyl sites for hydroxylation is 1. The van der Waals surface area contributed by atoms with Gasteiger partial charge in [-0.2, -0.15) is 0 Å². The Morgan fingerprint density at radius 2 is 2.21 bits per heavy atom. The number of aromatic nitrogens is 1. The first-order chi connectivity index (χ1) is 9.08. The van der Waals surface area contributed by atoms with Gasteiger partial charge in [0.25, 0.3) is 0 Å². The van der Waals surface area contributed by atoms with E-state index in [0.717, 1.165) is 10.9 Å². The van der Waals surface area contributed by atoms with Gasteiger partial charge >= 0.3 is 0 Å². The van der Waals surface area contributed by atoms with Crippen molar-refractivity contribution in [3.63, 3.8) is 0 Å². The number of halogens is 1. The van der Waals surface area contributed by atoms with Gasteiger partial charge in [0.2, 0.25) is 0 Å². The van der Waals surface area contributed by atoms with E-state index in [1.165, 1.54) is 0 Å². The zero-order chi connectivity index (χ0) is 14.0. The fourth-order valence-electron chi connectivity index (χ4n) is 2.14. The maximum absolute atomic E-state index is 12.6. The number of Topliss-reactive ketones (excluding diaryl/α,β-unsaturated/α-hetero) is 1. The second kappa shape index (κ2) is 5.23. The van der Waals surface area contributed by atoms with Crippen LogP contribution in [0.25, 0.3) is 15.7 Å². The largest absolute Gasteiger partial charge is 0.344 e. The predicted molar refractivity (Wildman–Crippen MR) is 73.3 cm³/mol. The van der Waals surface area contributed by atoms with Crippen molar-refractivity contribution in [2.45, 2.75) is 20.4 Å². The molecular weight excluding hydrogens is 243 g/mol. The molecular formula is C15H15FN2O. The molecule has 98 valence electrons. The second-order valence-electron chi connectivity index (χ2n) is 4.76. The molecule has 3 nitrogen and oxygen atoms in total. The van der Waals surface area contributed by atoms with Gasteiger partial charge in [-0.3, -0.25) is 4.79 Å². The first-order valence-corrected chi connectivity index (χ1v) is 6.19. The van der Waals surface area contributed by atoms with Crippen LogP contribution < -0.4 is 0 Å². The lowest BCUT2D eigenvalue weighted by Gasteiger charge is -2.02. The van der Waals surface area contributed by atoms with Crippen LogP contribution in [0.5, 0.6) is 0 Å². The van der Waals surface area contributed by atoms with Crippen LogP contribution in [0.4, 0.5) is 10.1 Å². The van der Waals surface area contributed by atoms with Gasteiger partial charge in [-0.15, -0.1) is 0 Å². The van der Waals surface area contributed by atoms with Crippen molar-refractivity contribution in [3.05, 3.63) is 41.4 Å². The summed E-state index contributed by atoms with van der Waals surface area (Å²) in [4.78, 5) is 15.6. The molecule has 1 aromatic carbocycles. The molecule has 0 amide bonds. The number of hydrogen-bond acceptors (Lipinski definition) is 1. The van der Waals surface area contributed by atoms with E-state index in [2.05, 4.69) is 4.85 Å². The molecule has 0 fully saturated rings. The van der Waals surface area contributed by atoms with Gasteiger partial charge in [-0.25, -0.2) is 9.24 Å². The van der Waals surface area contributed by atoms with Gasteiger partial charge in [0.15, 0.2) is 11.5 Å². The third-order valence-corrected chi connectivity index (χ3v) is 3.11. The highest BCUT2D eigenvalue weighted by Gasteiger charge is 2.17. The lowest BCUT2D eigenvalue weighted by molar-refractivity contribution is 0.0941. The SMILES string of the molecule is [C-]#[N+]c1ccc2c(c1)c(C(=O)C(C)C)cn2CCF. The Hall–Kier alpha value is -2.15. The topological polar surface area (TPSA) is 26.4 Å². The van der Waals surface area contributed by atoms with E-state index in [-0.39, 0.29) is 18.2 Å². The Labute approximate surface area is 111 Å². The van der Waals surface area contributed by atoms with E-state index in [9.17, 15) is 9.18 Å². The number of benzene rings is 1. The molecule has 0 spiro atoms. The van der Waals surface area contributed by atoms with Crippen molar-refractivity contribution in [3.8, 4) is 0 Å². The molecule has 19 heavy (non-hydrogen) atoms. The minimum atomic E-state index is -0.482. The number of hydrogen-bond donors (Lipinski definition) is 0. The zero-order valence-corrected chi connectivity index (χ0v) is 11.0. The summed E-state index contributed by atoms with van der Waals surface area (Å²) in [6.45, 7) is 10.4. The third-order valence-electron chi connectivity index (χ3n) is 3.11. The molecule has 2 aromatic rings. The average molecular weight is 258 g/mol. The van der Waals surface area contributed by atoms with Gasteiger partial charge in [0.1, 0.15) is 6.67 Å². The van der Waals surface area contributed by atoms with Crippen LogP contribution in [0.2, 0.25) is 0 Å². The van der Waals surface area contributed by atoms with Crippen LogP contribution in [0.15, 0.2) is 24.4 Å². The molecule has 0 atom stereocenters. The Morgan fingerprint density at radius 3 is 2.79 bits per heavy atom. The molecule has 0 saturated carbocycles. The van der Waals surface area contributed by atoms with E-state index in [4.69, 9.17) is 6.57 Å². The molecule has 0 bridgehead atoms. The highest BCUT2D eigenvalue weighted by molar-refractivity contribution is 6.09. The van der Waals surface area contributed by atoms with Crippen LogP contribution in [0, 0.1) is 12.5 Å². The lowest BCUT2D eigenvalue weighted by Crippen LogP contribution is -2.06. The molecule has 0 aliphatic heterocycles. The number of ketones is 1. The summed E-state index contributed by atoms with van der Waals surface area (Å²) in [6.07, 6.45) is 1.69. The Bertz CT molecular complexity index is 665. The summed E-state index contributed by atoms with van der Waals surface area (Å²) in [7, 11) is 0. The van der Waals surface area contributed by atoms with Crippen LogP contribution in [0.1, 0.15) is 24.2 Å². The maximum Gasteiger partial charge on any atom is 0.188 e. The van der Waals surface area contributed by atoms with Crippen LogP contribution in [-0.2, 0) is 6.54 Å². The fraction of sp³-hybridized carbons (Fsp3) is 0.333. The van der Waals surface area contributed by atoms with E-state index in [1.54, 1.807) is 29.0 Å². The predicted octanol–water partition coefficient (Wildman–Crippen LogP) is 4.00. The van der Waals surface area contributed by atoms with E-state index >= 15 is 0 Å². The van der Waals surface area contributed by atoms with E-state index in [0.29, 0.717) is 11.3 Å². The van der Waals surface area contributed by atoms with Crippen LogP contribution in [0.3, 0.4) is 0 Å². The van der Waals surface area contributed by atoms with Gasteiger partial charge < -0.3 is 4.57 Å². The maximum atomic E-state index is 12.6. The van der Waals surface area contributed by atoms with Crippen molar-refractivity contribution < 1.29 is 9.18 Å². The highest BCUT2D eigenvalue weighted by atomic mass is 19.1. The van der Waals surface area contributed by atoms with Crippen LogP contribution >= 0.6 is 0 Å². The molecule has 0 unspecified atom stereocenters. The number of alkyl halides is 1. The molecule has 1 heterocycles. The second-order valence-corrected chi connectivity index (χ2v) is 4.76. The van der Waals surface area contributed by atoms with Crippen LogP contribution in [-0.4, -0.2) is 17.0 Å².